The smallest absolute Gasteiger partial charge is 0.289 e. The van der Waals surface area contributed by atoms with E-state index in [4.69, 9.17) is 4.42 Å². The van der Waals surface area contributed by atoms with Gasteiger partial charge >= 0.3 is 0 Å². The van der Waals surface area contributed by atoms with Gasteiger partial charge in [0.1, 0.15) is 0 Å². The number of non-ortho nitro benzene ring substituents is 1. The van der Waals surface area contributed by atoms with Crippen LogP contribution < -0.4 is 4.90 Å². The third kappa shape index (κ3) is 3.03. The highest BCUT2D eigenvalue weighted by molar-refractivity contribution is 5.93. The van der Waals surface area contributed by atoms with Crippen LogP contribution in [0.2, 0.25) is 0 Å². The highest BCUT2D eigenvalue weighted by Gasteiger charge is 2.25. The third-order valence-electron chi connectivity index (χ3n) is 4.05. The quantitative estimate of drug-likeness (QED) is 0.642. The minimum absolute atomic E-state index is 0.0795. The number of furan rings is 1. The molecule has 1 aromatic heterocycles. The number of anilines is 1. The number of piperazine rings is 1. The molecule has 2 heterocycles. The number of rotatable bonds is 3. The van der Waals surface area contributed by atoms with Gasteiger partial charge in [-0.1, -0.05) is 0 Å². The average molecular weight is 315 g/mol. The van der Waals surface area contributed by atoms with Crippen molar-refractivity contribution in [3.05, 3.63) is 58.0 Å². The van der Waals surface area contributed by atoms with E-state index in [1.54, 1.807) is 23.1 Å². The Morgan fingerprint density at radius 1 is 1.13 bits per heavy atom. The first kappa shape index (κ1) is 15.1. The number of nitrogens with zero attached hydrogens (tertiary/aromatic N) is 3. The number of benzene rings is 1. The second-order valence-corrected chi connectivity index (χ2v) is 5.49. The lowest BCUT2D eigenvalue weighted by molar-refractivity contribution is -0.384. The Labute approximate surface area is 133 Å². The molecule has 1 aliphatic heterocycles. The lowest BCUT2D eigenvalue weighted by atomic mass is 10.2. The Morgan fingerprint density at radius 2 is 1.78 bits per heavy atom. The predicted molar refractivity (Wildman–Crippen MR) is 84.7 cm³/mol. The van der Waals surface area contributed by atoms with E-state index in [2.05, 4.69) is 4.90 Å². The molecule has 1 saturated heterocycles. The Kier molecular flexibility index (Phi) is 4.01. The highest BCUT2D eigenvalue weighted by atomic mass is 16.6. The molecule has 0 saturated carbocycles. The van der Waals surface area contributed by atoms with Gasteiger partial charge in [-0.15, -0.1) is 0 Å². The molecule has 1 aliphatic rings. The van der Waals surface area contributed by atoms with Crippen molar-refractivity contribution in [3.8, 4) is 0 Å². The van der Waals surface area contributed by atoms with E-state index < -0.39 is 4.92 Å². The number of nitro groups is 1. The summed E-state index contributed by atoms with van der Waals surface area (Å²) in [6, 6.07) is 8.26. The Hall–Kier alpha value is -2.83. The average Bonchev–Trinajstić information content (AvgIpc) is 3.00. The first-order valence-electron chi connectivity index (χ1n) is 7.39. The highest BCUT2D eigenvalue weighted by Crippen LogP contribution is 2.21. The molecule has 0 N–H and O–H groups in total. The monoisotopic (exact) mass is 315 g/mol. The molecular formula is C16H17N3O4. The summed E-state index contributed by atoms with van der Waals surface area (Å²) >= 11 is 0. The first-order valence-corrected chi connectivity index (χ1v) is 7.39. The van der Waals surface area contributed by atoms with E-state index in [0.29, 0.717) is 31.9 Å². The zero-order valence-electron chi connectivity index (χ0n) is 12.8. The van der Waals surface area contributed by atoms with Gasteiger partial charge in [0.25, 0.3) is 11.6 Å². The molecule has 0 spiro atoms. The van der Waals surface area contributed by atoms with Gasteiger partial charge in [-0.2, -0.15) is 0 Å². The zero-order chi connectivity index (χ0) is 16.4. The fraction of sp³-hybridized carbons (Fsp3) is 0.312. The predicted octanol–water partition coefficient (Wildman–Crippen LogP) is 2.46. The van der Waals surface area contributed by atoms with Crippen LogP contribution >= 0.6 is 0 Å². The van der Waals surface area contributed by atoms with Crippen molar-refractivity contribution in [2.75, 3.05) is 31.1 Å². The summed E-state index contributed by atoms with van der Waals surface area (Å²) in [6.07, 6.45) is 1.52. The molecule has 23 heavy (non-hydrogen) atoms. The number of amides is 1. The molecule has 7 nitrogen and oxygen atoms in total. The summed E-state index contributed by atoms with van der Waals surface area (Å²) in [5.74, 6) is 0.310. The molecule has 3 rings (SSSR count). The van der Waals surface area contributed by atoms with E-state index >= 15 is 0 Å². The fourth-order valence-corrected chi connectivity index (χ4v) is 2.69. The van der Waals surface area contributed by atoms with Crippen LogP contribution in [0, 0.1) is 17.0 Å². The van der Waals surface area contributed by atoms with Crippen molar-refractivity contribution in [1.29, 1.82) is 0 Å². The number of carbonyl (C=O) groups is 1. The van der Waals surface area contributed by atoms with Gasteiger partial charge < -0.3 is 14.2 Å². The second-order valence-electron chi connectivity index (χ2n) is 5.49. The molecule has 1 fully saturated rings. The minimum atomic E-state index is -0.411. The van der Waals surface area contributed by atoms with Crippen molar-refractivity contribution in [1.82, 2.24) is 4.90 Å². The maximum Gasteiger partial charge on any atom is 0.289 e. The first-order chi connectivity index (χ1) is 11.1. The van der Waals surface area contributed by atoms with Crippen molar-refractivity contribution in [3.63, 3.8) is 0 Å². The van der Waals surface area contributed by atoms with Crippen LogP contribution in [-0.4, -0.2) is 41.9 Å². The molecule has 120 valence electrons. The van der Waals surface area contributed by atoms with Crippen molar-refractivity contribution in [2.24, 2.45) is 0 Å². The minimum Gasteiger partial charge on any atom is -0.459 e. The van der Waals surface area contributed by atoms with E-state index in [1.165, 1.54) is 18.4 Å². The molecule has 2 aromatic rings. The van der Waals surface area contributed by atoms with Crippen molar-refractivity contribution in [2.45, 2.75) is 6.92 Å². The Morgan fingerprint density at radius 3 is 2.30 bits per heavy atom. The third-order valence-corrected chi connectivity index (χ3v) is 4.05. The van der Waals surface area contributed by atoms with E-state index in [1.807, 2.05) is 6.92 Å². The van der Waals surface area contributed by atoms with Gasteiger partial charge in [-0.3, -0.25) is 14.9 Å². The summed E-state index contributed by atoms with van der Waals surface area (Å²) in [7, 11) is 0. The van der Waals surface area contributed by atoms with Gasteiger partial charge in [0.15, 0.2) is 5.76 Å². The van der Waals surface area contributed by atoms with E-state index in [9.17, 15) is 14.9 Å². The molecular weight excluding hydrogens is 298 g/mol. The van der Waals surface area contributed by atoms with Crippen LogP contribution in [0.15, 0.2) is 41.0 Å². The maximum atomic E-state index is 12.4. The van der Waals surface area contributed by atoms with Gasteiger partial charge in [0.2, 0.25) is 0 Å². The van der Waals surface area contributed by atoms with Gasteiger partial charge in [-0.05, 0) is 25.1 Å². The Balaban J connectivity index is 1.63. The second kappa shape index (κ2) is 6.12. The number of carbonyl (C=O) groups excluding carboxylic acids is 1. The largest absolute Gasteiger partial charge is 0.459 e. The number of nitro benzene ring substituents is 1. The SMILES string of the molecule is Cc1ccoc1C(=O)N1CCN(c2ccc([N+](=O)[O-])cc2)CC1. The van der Waals surface area contributed by atoms with Gasteiger partial charge in [0.05, 0.1) is 11.2 Å². The molecule has 7 heteroatoms. The number of aryl methyl sites for hydroxylation is 1. The van der Waals surface area contributed by atoms with Crippen LogP contribution in [0.25, 0.3) is 0 Å². The molecule has 0 radical (unpaired) electrons. The standard InChI is InChI=1S/C16H17N3O4/c1-12-6-11-23-15(12)16(20)18-9-7-17(8-10-18)13-2-4-14(5-3-13)19(21)22/h2-6,11H,7-10H2,1H3. The lowest BCUT2D eigenvalue weighted by Gasteiger charge is -2.35. The maximum absolute atomic E-state index is 12.4. The van der Waals surface area contributed by atoms with Gasteiger partial charge in [-0.25, -0.2) is 0 Å². The van der Waals surface area contributed by atoms with E-state index in [0.717, 1.165) is 11.3 Å². The summed E-state index contributed by atoms with van der Waals surface area (Å²) in [4.78, 5) is 26.5. The molecule has 0 unspecified atom stereocenters. The van der Waals surface area contributed by atoms with Crippen molar-refractivity contribution < 1.29 is 14.1 Å². The van der Waals surface area contributed by atoms with Crippen molar-refractivity contribution >= 4 is 17.3 Å². The summed E-state index contributed by atoms with van der Waals surface area (Å²) in [5.41, 5.74) is 1.85. The van der Waals surface area contributed by atoms with Crippen LogP contribution in [0.3, 0.4) is 0 Å². The Bertz CT molecular complexity index is 715. The number of hydrogen-bond donors (Lipinski definition) is 0. The number of hydrogen-bond acceptors (Lipinski definition) is 5. The molecule has 1 amide bonds. The normalized spacial score (nSPS) is 14.8. The van der Waals surface area contributed by atoms with E-state index in [-0.39, 0.29) is 11.6 Å². The summed E-state index contributed by atoms with van der Waals surface area (Å²) < 4.78 is 5.26. The molecule has 1 aromatic carbocycles. The topological polar surface area (TPSA) is 79.8 Å². The summed E-state index contributed by atoms with van der Waals surface area (Å²) in [6.45, 7) is 4.41. The van der Waals surface area contributed by atoms with Crippen LogP contribution in [0.5, 0.6) is 0 Å². The fourth-order valence-electron chi connectivity index (χ4n) is 2.69. The summed E-state index contributed by atoms with van der Waals surface area (Å²) in [5, 5.41) is 10.7. The molecule has 0 bridgehead atoms. The zero-order valence-corrected chi connectivity index (χ0v) is 12.8. The molecule has 0 aliphatic carbocycles. The van der Waals surface area contributed by atoms with Crippen LogP contribution in [0.1, 0.15) is 16.1 Å². The van der Waals surface area contributed by atoms with Gasteiger partial charge in [0, 0.05) is 49.6 Å². The van der Waals surface area contributed by atoms with Crippen LogP contribution in [0.4, 0.5) is 11.4 Å². The molecule has 0 atom stereocenters. The lowest BCUT2D eigenvalue weighted by Crippen LogP contribution is -2.48. The van der Waals surface area contributed by atoms with Crippen LogP contribution in [-0.2, 0) is 0 Å².